The second-order valence-corrected chi connectivity index (χ2v) is 6.38. The van der Waals surface area contributed by atoms with Crippen molar-refractivity contribution in [1.29, 1.82) is 0 Å². The molecule has 0 aromatic heterocycles. The number of nitrogens with zero attached hydrogens (tertiary/aromatic N) is 4. The van der Waals surface area contributed by atoms with Crippen LogP contribution in [0.5, 0.6) is 0 Å². The summed E-state index contributed by atoms with van der Waals surface area (Å²) in [4.78, 5) is 42.3. The Morgan fingerprint density at radius 3 is 2.52 bits per heavy atom. The van der Waals surface area contributed by atoms with Crippen LogP contribution >= 0.6 is 0 Å². The molecule has 3 heterocycles. The van der Waals surface area contributed by atoms with Crippen LogP contribution in [0.3, 0.4) is 0 Å². The van der Waals surface area contributed by atoms with E-state index in [4.69, 9.17) is 9.84 Å². The molecular weight excluding hydrogens is 304 g/mol. The summed E-state index contributed by atoms with van der Waals surface area (Å²) in [5, 5.41) is 9.11. The number of esters is 1. The van der Waals surface area contributed by atoms with Crippen molar-refractivity contribution in [3.05, 3.63) is 0 Å². The lowest BCUT2D eigenvalue weighted by molar-refractivity contribution is -0.145. The normalized spacial score (nSPS) is 31.5. The molecule has 0 spiro atoms. The van der Waals surface area contributed by atoms with Gasteiger partial charge < -0.3 is 24.5 Å². The first-order chi connectivity index (χ1) is 10.9. The molecule has 3 aliphatic rings. The predicted molar refractivity (Wildman–Crippen MR) is 79.0 cm³/mol. The van der Waals surface area contributed by atoms with Crippen LogP contribution in [0.2, 0.25) is 0 Å². The number of methoxy groups -OCH3 is 1. The standard InChI is InChI=1S/C14H22N4O5/c1-15-6-9(5-11(15)12(19)23-2)18-8-10-7-16(14(21)22)3-4-17(10)13(18)20/h9-11H,3-8H2,1-2H3,(H,21,22)/t9-,10-,11+/m0/s1. The summed E-state index contributed by atoms with van der Waals surface area (Å²) in [6, 6.07) is -0.523. The van der Waals surface area contributed by atoms with E-state index >= 15 is 0 Å². The lowest BCUT2D eigenvalue weighted by Crippen LogP contribution is -2.53. The summed E-state index contributed by atoms with van der Waals surface area (Å²) in [7, 11) is 3.22. The average molecular weight is 326 g/mol. The Bertz CT molecular complexity index is 527. The fourth-order valence-corrected chi connectivity index (χ4v) is 3.82. The van der Waals surface area contributed by atoms with Crippen molar-refractivity contribution in [2.24, 2.45) is 0 Å². The summed E-state index contributed by atoms with van der Waals surface area (Å²) >= 11 is 0. The highest BCUT2D eigenvalue weighted by Gasteiger charge is 2.47. The van der Waals surface area contributed by atoms with Gasteiger partial charge in [-0.05, 0) is 13.5 Å². The van der Waals surface area contributed by atoms with Gasteiger partial charge in [0.25, 0.3) is 0 Å². The number of carbonyl (C=O) groups is 3. The number of hydrogen-bond acceptors (Lipinski definition) is 5. The molecular formula is C14H22N4O5. The van der Waals surface area contributed by atoms with Crippen molar-refractivity contribution in [3.63, 3.8) is 0 Å². The number of amides is 3. The molecule has 3 aliphatic heterocycles. The first-order valence-electron chi connectivity index (χ1n) is 7.75. The van der Waals surface area contributed by atoms with Gasteiger partial charge in [0.15, 0.2) is 0 Å². The Kier molecular flexibility index (Phi) is 4.05. The van der Waals surface area contributed by atoms with Crippen molar-refractivity contribution in [3.8, 4) is 0 Å². The molecule has 0 aromatic rings. The average Bonchev–Trinajstić information content (AvgIpc) is 3.07. The Morgan fingerprint density at radius 1 is 1.13 bits per heavy atom. The van der Waals surface area contributed by atoms with Crippen LogP contribution in [0.1, 0.15) is 6.42 Å². The smallest absolute Gasteiger partial charge is 0.407 e. The van der Waals surface area contributed by atoms with E-state index in [1.165, 1.54) is 12.0 Å². The number of ether oxygens (including phenoxy) is 1. The Balaban J connectivity index is 1.67. The highest BCUT2D eigenvalue weighted by molar-refractivity contribution is 5.79. The van der Waals surface area contributed by atoms with Gasteiger partial charge in [-0.15, -0.1) is 0 Å². The Hall–Kier alpha value is -2.03. The minimum absolute atomic E-state index is 0.0412. The van der Waals surface area contributed by atoms with Gasteiger partial charge in [0, 0.05) is 38.8 Å². The van der Waals surface area contributed by atoms with E-state index < -0.39 is 6.09 Å². The molecule has 3 amide bonds. The molecule has 0 aliphatic carbocycles. The van der Waals surface area contributed by atoms with Gasteiger partial charge in [-0.3, -0.25) is 9.69 Å². The van der Waals surface area contributed by atoms with Gasteiger partial charge in [0.05, 0.1) is 13.2 Å². The zero-order valence-electron chi connectivity index (χ0n) is 13.3. The van der Waals surface area contributed by atoms with Crippen LogP contribution in [-0.4, -0.2) is 108 Å². The summed E-state index contributed by atoms with van der Waals surface area (Å²) in [6.45, 7) is 2.25. The number of carbonyl (C=O) groups excluding carboxylic acids is 2. The molecule has 0 unspecified atom stereocenters. The van der Waals surface area contributed by atoms with Crippen molar-refractivity contribution < 1.29 is 24.2 Å². The number of likely N-dealkylation sites (N-methyl/N-ethyl adjacent to an activating group) is 1. The Morgan fingerprint density at radius 2 is 1.87 bits per heavy atom. The maximum Gasteiger partial charge on any atom is 0.407 e. The fraction of sp³-hybridized carbons (Fsp3) is 0.786. The Labute approximate surface area is 134 Å². The largest absolute Gasteiger partial charge is 0.468 e. The van der Waals surface area contributed by atoms with E-state index in [9.17, 15) is 14.4 Å². The predicted octanol–water partition coefficient (Wildman–Crippen LogP) is -0.668. The number of carboxylic acid groups (broad SMARTS) is 1. The van der Waals surface area contributed by atoms with Gasteiger partial charge in [-0.1, -0.05) is 0 Å². The molecule has 128 valence electrons. The SMILES string of the molecule is COC(=O)[C@H]1C[C@H](N2C[C@@H]3CN(C(=O)O)CCN3C2=O)CN1C. The van der Waals surface area contributed by atoms with Gasteiger partial charge in [-0.2, -0.15) is 0 Å². The second-order valence-electron chi connectivity index (χ2n) is 6.38. The van der Waals surface area contributed by atoms with E-state index in [1.807, 2.05) is 11.9 Å². The van der Waals surface area contributed by atoms with E-state index in [1.54, 1.807) is 9.80 Å². The topological polar surface area (TPSA) is 93.6 Å². The molecule has 0 aromatic carbocycles. The molecule has 23 heavy (non-hydrogen) atoms. The fourth-order valence-electron chi connectivity index (χ4n) is 3.82. The van der Waals surface area contributed by atoms with Crippen LogP contribution in [-0.2, 0) is 9.53 Å². The van der Waals surface area contributed by atoms with Crippen LogP contribution in [0.15, 0.2) is 0 Å². The quantitative estimate of drug-likeness (QED) is 0.677. The molecule has 3 saturated heterocycles. The van der Waals surface area contributed by atoms with E-state index in [2.05, 4.69) is 0 Å². The minimum Gasteiger partial charge on any atom is -0.468 e. The molecule has 0 radical (unpaired) electrons. The third-order valence-electron chi connectivity index (χ3n) is 5.09. The molecule has 9 nitrogen and oxygen atoms in total. The molecule has 0 bridgehead atoms. The highest BCUT2D eigenvalue weighted by atomic mass is 16.5. The molecule has 1 N–H and O–H groups in total. The summed E-state index contributed by atoms with van der Waals surface area (Å²) in [5.74, 6) is -0.281. The number of likely N-dealkylation sites (tertiary alicyclic amines) is 1. The number of fused-ring (bicyclic) bond motifs is 1. The number of hydrogen-bond donors (Lipinski definition) is 1. The van der Waals surface area contributed by atoms with Crippen LogP contribution in [0, 0.1) is 0 Å². The number of piperazine rings is 1. The van der Waals surface area contributed by atoms with Crippen LogP contribution in [0.4, 0.5) is 9.59 Å². The third kappa shape index (κ3) is 2.69. The van der Waals surface area contributed by atoms with Crippen molar-refractivity contribution in [2.75, 3.05) is 46.9 Å². The highest BCUT2D eigenvalue weighted by Crippen LogP contribution is 2.28. The van der Waals surface area contributed by atoms with E-state index in [0.717, 1.165) is 0 Å². The van der Waals surface area contributed by atoms with Crippen molar-refractivity contribution in [1.82, 2.24) is 19.6 Å². The zero-order chi connectivity index (χ0) is 16.7. The first-order valence-corrected chi connectivity index (χ1v) is 7.75. The summed E-state index contributed by atoms with van der Waals surface area (Å²) < 4.78 is 4.81. The van der Waals surface area contributed by atoms with Gasteiger partial charge in [-0.25, -0.2) is 9.59 Å². The molecule has 3 atom stereocenters. The van der Waals surface area contributed by atoms with Gasteiger partial charge in [0.1, 0.15) is 6.04 Å². The monoisotopic (exact) mass is 326 g/mol. The second kappa shape index (κ2) is 5.88. The summed E-state index contributed by atoms with van der Waals surface area (Å²) in [6.07, 6.45) is -0.389. The summed E-state index contributed by atoms with van der Waals surface area (Å²) in [5.41, 5.74) is 0. The zero-order valence-corrected chi connectivity index (χ0v) is 13.3. The lowest BCUT2D eigenvalue weighted by atomic mass is 10.1. The first kappa shape index (κ1) is 15.9. The maximum atomic E-state index is 12.6. The van der Waals surface area contributed by atoms with Crippen LogP contribution in [0.25, 0.3) is 0 Å². The van der Waals surface area contributed by atoms with E-state index in [0.29, 0.717) is 39.1 Å². The molecule has 3 rings (SSSR count). The van der Waals surface area contributed by atoms with Gasteiger partial charge in [0.2, 0.25) is 0 Å². The number of urea groups is 1. The lowest BCUT2D eigenvalue weighted by Gasteiger charge is -2.34. The van der Waals surface area contributed by atoms with E-state index in [-0.39, 0.29) is 30.1 Å². The minimum atomic E-state index is -0.943. The van der Waals surface area contributed by atoms with Gasteiger partial charge >= 0.3 is 18.1 Å². The van der Waals surface area contributed by atoms with Crippen LogP contribution < -0.4 is 0 Å². The van der Waals surface area contributed by atoms with Crippen molar-refractivity contribution in [2.45, 2.75) is 24.5 Å². The molecule has 3 fully saturated rings. The maximum absolute atomic E-state index is 12.6. The number of rotatable bonds is 2. The third-order valence-corrected chi connectivity index (χ3v) is 5.09. The molecule has 0 saturated carbocycles. The molecule has 9 heteroatoms. The van der Waals surface area contributed by atoms with Crippen molar-refractivity contribution >= 4 is 18.1 Å².